The minimum atomic E-state index is -1.03. The van der Waals surface area contributed by atoms with Crippen molar-refractivity contribution in [2.24, 2.45) is 4.99 Å². The first-order valence-electron chi connectivity index (χ1n) is 16.1. The van der Waals surface area contributed by atoms with Gasteiger partial charge in [0.15, 0.2) is 0 Å². The minimum Gasteiger partial charge on any atom is -0.477 e. The van der Waals surface area contributed by atoms with Crippen LogP contribution in [0, 0.1) is 0 Å². The van der Waals surface area contributed by atoms with E-state index in [1.807, 2.05) is 18.3 Å². The molecule has 248 valence electrons. The van der Waals surface area contributed by atoms with Crippen molar-refractivity contribution in [3.63, 3.8) is 0 Å². The van der Waals surface area contributed by atoms with Crippen LogP contribution in [-0.4, -0.2) is 122 Å². The second kappa shape index (κ2) is 23.6. The van der Waals surface area contributed by atoms with Crippen LogP contribution < -0.4 is 0 Å². The van der Waals surface area contributed by atoms with E-state index in [0.717, 1.165) is 51.0 Å². The average molecular weight is 644 g/mol. The zero-order chi connectivity index (χ0) is 31.8. The van der Waals surface area contributed by atoms with Gasteiger partial charge in [0.2, 0.25) is 0 Å². The number of hydrogen-bond acceptors (Lipinski definition) is 11. The third-order valence-corrected chi connectivity index (χ3v) is 7.72. The number of hydrogen-bond donors (Lipinski definition) is 1. The Hall–Kier alpha value is -2.67. The van der Waals surface area contributed by atoms with E-state index in [1.165, 1.54) is 18.9 Å². The van der Waals surface area contributed by atoms with Gasteiger partial charge in [-0.25, -0.2) is 14.8 Å². The lowest BCUT2D eigenvalue weighted by molar-refractivity contribution is 0.000275. The molecule has 1 aliphatic rings. The Morgan fingerprint density at radius 2 is 1.49 bits per heavy atom. The summed E-state index contributed by atoms with van der Waals surface area (Å²) in [7, 11) is 0. The van der Waals surface area contributed by atoms with Crippen LogP contribution in [0.4, 0.5) is 0 Å². The molecule has 45 heavy (non-hydrogen) atoms. The third kappa shape index (κ3) is 15.9. The van der Waals surface area contributed by atoms with Gasteiger partial charge in [-0.3, -0.25) is 14.8 Å². The lowest BCUT2D eigenvalue weighted by Gasteiger charge is -2.31. The van der Waals surface area contributed by atoms with Crippen LogP contribution in [0.5, 0.6) is 0 Å². The summed E-state index contributed by atoms with van der Waals surface area (Å²) < 4.78 is 23.7. The standard InChI is InChI=1S/C33H49N5O6S/c39-33(40)31-11-8-9-29(36-31)27-37-15-19-41-23-25-43-21-17-38(18-22-44-26-24-42-20-16-37)32(30-10-5-7-14-35-30)12-4-2-1-3-6-13-34-28-45/h5,7-11,14,32H,1-4,6,12-13,15-27H2,(H,39,40). The van der Waals surface area contributed by atoms with Crippen molar-refractivity contribution in [3.05, 3.63) is 59.7 Å². The van der Waals surface area contributed by atoms with Crippen molar-refractivity contribution in [1.29, 1.82) is 0 Å². The van der Waals surface area contributed by atoms with Crippen LogP contribution in [0.25, 0.3) is 0 Å². The number of nitrogens with zero attached hydrogens (tertiary/aromatic N) is 5. The lowest BCUT2D eigenvalue weighted by Crippen LogP contribution is -2.36. The molecule has 0 spiro atoms. The molecule has 3 rings (SSSR count). The monoisotopic (exact) mass is 643 g/mol. The van der Waals surface area contributed by atoms with Crippen molar-refractivity contribution in [3.8, 4) is 0 Å². The van der Waals surface area contributed by atoms with Crippen molar-refractivity contribution in [2.75, 3.05) is 85.6 Å². The summed E-state index contributed by atoms with van der Waals surface area (Å²) in [6.45, 7) is 8.41. The minimum absolute atomic E-state index is 0.0426. The second-order valence-electron chi connectivity index (χ2n) is 10.9. The predicted octanol–water partition coefficient (Wildman–Crippen LogP) is 4.54. The van der Waals surface area contributed by atoms with E-state index in [-0.39, 0.29) is 11.7 Å². The number of carboxylic acid groups (broad SMARTS) is 1. The quantitative estimate of drug-likeness (QED) is 0.188. The maximum atomic E-state index is 11.3. The van der Waals surface area contributed by atoms with Gasteiger partial charge in [0.25, 0.3) is 0 Å². The van der Waals surface area contributed by atoms with Crippen molar-refractivity contribution in [2.45, 2.75) is 51.1 Å². The topological polar surface area (TPSA) is 119 Å². The first kappa shape index (κ1) is 36.8. The SMILES string of the molecule is O=C(O)c1cccc(CN2CCOCCOCCN(C(CCCCCCCN=C=S)c3ccccn3)CCOCCOCC2)n1. The molecule has 0 radical (unpaired) electrons. The molecule has 2 aromatic rings. The normalized spacial score (nSPS) is 17.9. The molecule has 1 atom stereocenters. The van der Waals surface area contributed by atoms with Crippen LogP contribution >= 0.6 is 12.2 Å². The molecule has 1 aliphatic heterocycles. The molecule has 1 unspecified atom stereocenters. The van der Waals surface area contributed by atoms with E-state index in [1.54, 1.807) is 6.07 Å². The highest BCUT2D eigenvalue weighted by Gasteiger charge is 2.21. The zero-order valence-electron chi connectivity index (χ0n) is 26.4. The van der Waals surface area contributed by atoms with Crippen LogP contribution in [0.2, 0.25) is 0 Å². The number of thiocarbonyl (C=S) groups is 1. The Morgan fingerprint density at radius 3 is 2.11 bits per heavy atom. The number of aromatic nitrogens is 2. The summed E-state index contributed by atoms with van der Waals surface area (Å²) in [4.78, 5) is 28.9. The number of carbonyl (C=O) groups is 1. The summed E-state index contributed by atoms with van der Waals surface area (Å²) in [5.74, 6) is -1.03. The highest BCUT2D eigenvalue weighted by atomic mass is 32.1. The number of aliphatic imine (C=N–C) groups is 1. The van der Waals surface area contributed by atoms with Gasteiger partial charge in [0.1, 0.15) is 5.69 Å². The van der Waals surface area contributed by atoms with Crippen molar-refractivity contribution >= 4 is 23.3 Å². The van der Waals surface area contributed by atoms with Gasteiger partial charge in [0, 0.05) is 45.5 Å². The van der Waals surface area contributed by atoms with Gasteiger partial charge < -0.3 is 24.1 Å². The Balaban J connectivity index is 1.51. The fraction of sp³-hybridized carbons (Fsp3) is 0.636. The fourth-order valence-electron chi connectivity index (χ4n) is 5.20. The van der Waals surface area contributed by atoms with Gasteiger partial charge in [-0.1, -0.05) is 37.8 Å². The van der Waals surface area contributed by atoms with Gasteiger partial charge in [-0.05, 0) is 49.3 Å². The smallest absolute Gasteiger partial charge is 0.354 e. The molecular weight excluding hydrogens is 594 g/mol. The van der Waals surface area contributed by atoms with Gasteiger partial charge in [0.05, 0.1) is 75.4 Å². The van der Waals surface area contributed by atoms with Gasteiger partial charge in [-0.15, -0.1) is 0 Å². The molecule has 1 fully saturated rings. The summed E-state index contributed by atoms with van der Waals surface area (Å²) >= 11 is 4.65. The van der Waals surface area contributed by atoms with E-state index in [2.05, 4.69) is 49.3 Å². The van der Waals surface area contributed by atoms with Gasteiger partial charge >= 0.3 is 5.97 Å². The maximum Gasteiger partial charge on any atom is 0.354 e. The number of carboxylic acids is 1. The van der Waals surface area contributed by atoms with Crippen LogP contribution in [0.1, 0.15) is 66.4 Å². The maximum absolute atomic E-state index is 11.3. The first-order valence-corrected chi connectivity index (χ1v) is 16.5. The predicted molar refractivity (Wildman–Crippen MR) is 176 cm³/mol. The number of aromatic carboxylic acids is 1. The van der Waals surface area contributed by atoms with Gasteiger partial charge in [-0.2, -0.15) is 0 Å². The fourth-order valence-corrected chi connectivity index (χ4v) is 5.29. The molecule has 0 saturated carbocycles. The Kier molecular flexibility index (Phi) is 19.3. The summed E-state index contributed by atoms with van der Waals surface area (Å²) in [6.07, 6.45) is 8.57. The van der Waals surface area contributed by atoms with Crippen LogP contribution in [0.3, 0.4) is 0 Å². The van der Waals surface area contributed by atoms with Crippen LogP contribution in [0.15, 0.2) is 47.6 Å². The zero-order valence-corrected chi connectivity index (χ0v) is 27.2. The van der Waals surface area contributed by atoms with Crippen molar-refractivity contribution < 1.29 is 28.8 Å². The summed E-state index contributed by atoms with van der Waals surface area (Å²) in [6, 6.07) is 11.4. The molecule has 0 bridgehead atoms. The number of pyridine rings is 2. The van der Waals surface area contributed by atoms with E-state index in [9.17, 15) is 9.90 Å². The average Bonchev–Trinajstić information content (AvgIpc) is 3.05. The second-order valence-corrected chi connectivity index (χ2v) is 11.1. The Bertz CT molecular complexity index is 1100. The first-order chi connectivity index (χ1) is 22.2. The summed E-state index contributed by atoms with van der Waals surface area (Å²) in [5.41, 5.74) is 1.82. The molecule has 11 nitrogen and oxygen atoms in total. The number of ether oxygens (including phenoxy) is 4. The Labute approximate surface area is 272 Å². The molecule has 0 amide bonds. The van der Waals surface area contributed by atoms with E-state index < -0.39 is 5.97 Å². The van der Waals surface area contributed by atoms with E-state index in [0.29, 0.717) is 78.2 Å². The molecule has 12 heteroatoms. The summed E-state index contributed by atoms with van der Waals surface area (Å²) in [5, 5.41) is 11.7. The molecule has 0 aliphatic carbocycles. The molecular formula is C33H49N5O6S. The van der Waals surface area contributed by atoms with E-state index in [4.69, 9.17) is 23.9 Å². The van der Waals surface area contributed by atoms with E-state index >= 15 is 0 Å². The molecule has 3 heterocycles. The third-order valence-electron chi connectivity index (χ3n) is 7.59. The lowest BCUT2D eigenvalue weighted by atomic mass is 10.0. The molecule has 0 aromatic carbocycles. The van der Waals surface area contributed by atoms with Crippen molar-refractivity contribution in [1.82, 2.24) is 19.8 Å². The molecule has 2 aromatic heterocycles. The Morgan fingerprint density at radius 1 is 0.844 bits per heavy atom. The highest BCUT2D eigenvalue weighted by molar-refractivity contribution is 7.78. The largest absolute Gasteiger partial charge is 0.477 e. The highest BCUT2D eigenvalue weighted by Crippen LogP contribution is 2.25. The molecule has 1 saturated heterocycles. The molecule has 1 N–H and O–H groups in total. The number of unbranched alkanes of at least 4 members (excludes halogenated alkanes) is 4. The number of rotatable bonds is 13. The number of isothiocyanates is 1. The van der Waals surface area contributed by atoms with Crippen LogP contribution in [-0.2, 0) is 25.5 Å².